The van der Waals surface area contributed by atoms with Crippen LogP contribution in [0.2, 0.25) is 0 Å². The van der Waals surface area contributed by atoms with Gasteiger partial charge in [0.25, 0.3) is 0 Å². The lowest BCUT2D eigenvalue weighted by molar-refractivity contribution is -0.141. The average molecular weight is 255 g/mol. The van der Waals surface area contributed by atoms with Gasteiger partial charge in [0.2, 0.25) is 17.7 Å². The van der Waals surface area contributed by atoms with Crippen molar-refractivity contribution < 1.29 is 14.4 Å². The first-order chi connectivity index (χ1) is 8.29. The minimum absolute atomic E-state index is 0.174. The van der Waals surface area contributed by atoms with E-state index < -0.39 is 17.4 Å². The number of nitrogens with two attached hydrogens (primary N) is 1. The number of likely N-dealkylation sites (N-methyl/N-ethyl adjacent to an activating group) is 1. The maximum atomic E-state index is 11.9. The minimum atomic E-state index is -0.627. The number of primary amides is 1. The SMILES string of the molecule is CCNC(CCN1C(=O)CC(C)(C)C1=O)C(N)=O. The number of likely N-dealkylation sites (tertiary alicyclic amines) is 1. The second kappa shape index (κ2) is 5.48. The van der Waals surface area contributed by atoms with Gasteiger partial charge in [-0.15, -0.1) is 0 Å². The summed E-state index contributed by atoms with van der Waals surface area (Å²) in [7, 11) is 0. The normalized spacial score (nSPS) is 20.3. The smallest absolute Gasteiger partial charge is 0.235 e. The van der Waals surface area contributed by atoms with Crippen LogP contribution < -0.4 is 11.1 Å². The van der Waals surface area contributed by atoms with E-state index in [0.717, 1.165) is 0 Å². The van der Waals surface area contributed by atoms with Crippen LogP contribution >= 0.6 is 0 Å². The van der Waals surface area contributed by atoms with Gasteiger partial charge in [-0.2, -0.15) is 0 Å². The van der Waals surface area contributed by atoms with Crippen LogP contribution in [0.4, 0.5) is 0 Å². The highest BCUT2D eigenvalue weighted by molar-refractivity contribution is 6.05. The summed E-state index contributed by atoms with van der Waals surface area (Å²) in [5, 5.41) is 2.93. The molecule has 0 radical (unpaired) electrons. The number of nitrogens with zero attached hydrogens (tertiary/aromatic N) is 1. The van der Waals surface area contributed by atoms with Crippen molar-refractivity contribution in [2.75, 3.05) is 13.1 Å². The predicted molar refractivity (Wildman–Crippen MR) is 66.4 cm³/mol. The van der Waals surface area contributed by atoms with Gasteiger partial charge in [0.15, 0.2) is 0 Å². The number of rotatable bonds is 6. The molecule has 3 amide bonds. The van der Waals surface area contributed by atoms with E-state index in [0.29, 0.717) is 13.0 Å². The van der Waals surface area contributed by atoms with Crippen molar-refractivity contribution in [3.8, 4) is 0 Å². The molecule has 1 rings (SSSR count). The van der Waals surface area contributed by atoms with E-state index in [9.17, 15) is 14.4 Å². The van der Waals surface area contributed by atoms with Gasteiger partial charge in [0, 0.05) is 13.0 Å². The van der Waals surface area contributed by atoms with Crippen LogP contribution in [0.1, 0.15) is 33.6 Å². The molecule has 0 saturated carbocycles. The number of amides is 3. The monoisotopic (exact) mass is 255 g/mol. The molecule has 1 fully saturated rings. The Labute approximate surface area is 107 Å². The predicted octanol–water partition coefficient (Wildman–Crippen LogP) is -0.375. The molecule has 1 saturated heterocycles. The molecule has 18 heavy (non-hydrogen) atoms. The Bertz CT molecular complexity index is 366. The van der Waals surface area contributed by atoms with Crippen LogP contribution in [0, 0.1) is 5.41 Å². The molecule has 0 spiro atoms. The first kappa shape index (κ1) is 14.6. The number of hydrogen-bond donors (Lipinski definition) is 2. The Morgan fingerprint density at radius 1 is 1.50 bits per heavy atom. The fourth-order valence-corrected chi connectivity index (χ4v) is 2.10. The fraction of sp³-hybridized carbons (Fsp3) is 0.750. The van der Waals surface area contributed by atoms with Crippen LogP contribution in [0.5, 0.6) is 0 Å². The zero-order valence-corrected chi connectivity index (χ0v) is 11.2. The highest BCUT2D eigenvalue weighted by Gasteiger charge is 2.44. The van der Waals surface area contributed by atoms with Crippen molar-refractivity contribution >= 4 is 17.7 Å². The third kappa shape index (κ3) is 3.07. The Balaban J connectivity index is 2.60. The molecular weight excluding hydrogens is 234 g/mol. The zero-order chi connectivity index (χ0) is 13.9. The first-order valence-electron chi connectivity index (χ1n) is 6.17. The third-order valence-electron chi connectivity index (χ3n) is 3.15. The second-order valence-electron chi connectivity index (χ2n) is 5.21. The summed E-state index contributed by atoms with van der Waals surface area (Å²) in [5.41, 5.74) is 4.61. The maximum Gasteiger partial charge on any atom is 0.235 e. The molecule has 1 atom stereocenters. The molecule has 0 aliphatic carbocycles. The van der Waals surface area contributed by atoms with Crippen LogP contribution in [-0.2, 0) is 14.4 Å². The van der Waals surface area contributed by atoms with Gasteiger partial charge in [-0.1, -0.05) is 20.8 Å². The van der Waals surface area contributed by atoms with E-state index in [-0.39, 0.29) is 24.8 Å². The van der Waals surface area contributed by atoms with Gasteiger partial charge in [0.1, 0.15) is 0 Å². The van der Waals surface area contributed by atoms with Crippen molar-refractivity contribution in [2.24, 2.45) is 11.1 Å². The Morgan fingerprint density at radius 3 is 2.50 bits per heavy atom. The second-order valence-corrected chi connectivity index (χ2v) is 5.21. The fourth-order valence-electron chi connectivity index (χ4n) is 2.10. The van der Waals surface area contributed by atoms with Crippen molar-refractivity contribution in [3.63, 3.8) is 0 Å². The summed E-state index contributed by atoms with van der Waals surface area (Å²) in [6, 6.07) is -0.501. The van der Waals surface area contributed by atoms with Crippen molar-refractivity contribution in [1.29, 1.82) is 0 Å². The molecule has 102 valence electrons. The van der Waals surface area contributed by atoms with Crippen LogP contribution in [0.25, 0.3) is 0 Å². The molecule has 1 aliphatic rings. The summed E-state index contributed by atoms with van der Waals surface area (Å²) >= 11 is 0. The van der Waals surface area contributed by atoms with Crippen molar-refractivity contribution in [3.05, 3.63) is 0 Å². The van der Waals surface area contributed by atoms with E-state index in [1.54, 1.807) is 13.8 Å². The summed E-state index contributed by atoms with van der Waals surface area (Å²) in [4.78, 5) is 36.0. The number of carbonyl (C=O) groups is 3. The molecule has 0 aromatic rings. The number of imide groups is 1. The first-order valence-corrected chi connectivity index (χ1v) is 6.17. The molecule has 3 N–H and O–H groups in total. The standard InChI is InChI=1S/C12H21N3O3/c1-4-14-8(10(13)17)5-6-15-9(16)7-12(2,3)11(15)18/h8,14H,4-7H2,1-3H3,(H2,13,17). The largest absolute Gasteiger partial charge is 0.368 e. The molecule has 0 bridgehead atoms. The van der Waals surface area contributed by atoms with Gasteiger partial charge in [-0.3, -0.25) is 19.3 Å². The van der Waals surface area contributed by atoms with E-state index >= 15 is 0 Å². The molecule has 6 heteroatoms. The van der Waals surface area contributed by atoms with Gasteiger partial charge in [0.05, 0.1) is 11.5 Å². The van der Waals surface area contributed by atoms with Crippen LogP contribution in [0.15, 0.2) is 0 Å². The van der Waals surface area contributed by atoms with Crippen molar-refractivity contribution in [1.82, 2.24) is 10.2 Å². The molecule has 0 aromatic heterocycles. The number of carbonyl (C=O) groups excluding carboxylic acids is 3. The third-order valence-corrected chi connectivity index (χ3v) is 3.15. The van der Waals surface area contributed by atoms with Gasteiger partial charge < -0.3 is 11.1 Å². The van der Waals surface area contributed by atoms with Gasteiger partial charge in [-0.05, 0) is 13.0 Å². The van der Waals surface area contributed by atoms with Crippen LogP contribution in [-0.4, -0.2) is 41.8 Å². The Kier molecular flexibility index (Phi) is 4.45. The van der Waals surface area contributed by atoms with E-state index in [2.05, 4.69) is 5.32 Å². The molecule has 6 nitrogen and oxygen atoms in total. The zero-order valence-electron chi connectivity index (χ0n) is 11.2. The summed E-state index contributed by atoms with van der Waals surface area (Å²) in [6.07, 6.45) is 0.588. The Morgan fingerprint density at radius 2 is 2.11 bits per heavy atom. The number of nitrogens with one attached hydrogen (secondary N) is 1. The topological polar surface area (TPSA) is 92.5 Å². The summed E-state index contributed by atoms with van der Waals surface area (Å²) < 4.78 is 0. The van der Waals surface area contributed by atoms with Gasteiger partial charge in [-0.25, -0.2) is 0 Å². The average Bonchev–Trinajstić information content (AvgIpc) is 2.44. The number of hydrogen-bond acceptors (Lipinski definition) is 4. The lowest BCUT2D eigenvalue weighted by atomic mass is 9.92. The van der Waals surface area contributed by atoms with Crippen LogP contribution in [0.3, 0.4) is 0 Å². The van der Waals surface area contributed by atoms with Gasteiger partial charge >= 0.3 is 0 Å². The maximum absolute atomic E-state index is 11.9. The lowest BCUT2D eigenvalue weighted by Gasteiger charge is -2.20. The molecule has 0 aromatic carbocycles. The van der Waals surface area contributed by atoms with E-state index in [4.69, 9.17) is 5.73 Å². The van der Waals surface area contributed by atoms with E-state index in [1.165, 1.54) is 4.90 Å². The Hall–Kier alpha value is -1.43. The van der Waals surface area contributed by atoms with Crippen molar-refractivity contribution in [2.45, 2.75) is 39.7 Å². The van der Waals surface area contributed by atoms with E-state index in [1.807, 2.05) is 6.92 Å². The summed E-state index contributed by atoms with van der Waals surface area (Å²) in [5.74, 6) is -0.813. The quantitative estimate of drug-likeness (QED) is 0.633. The summed E-state index contributed by atoms with van der Waals surface area (Å²) in [6.45, 7) is 6.22. The molecule has 1 heterocycles. The lowest BCUT2D eigenvalue weighted by Crippen LogP contribution is -2.44. The molecule has 1 unspecified atom stereocenters. The highest BCUT2D eigenvalue weighted by atomic mass is 16.2. The minimum Gasteiger partial charge on any atom is -0.368 e. The molecule has 1 aliphatic heterocycles. The highest BCUT2D eigenvalue weighted by Crippen LogP contribution is 2.31. The molecular formula is C12H21N3O3.